The van der Waals surface area contributed by atoms with E-state index in [0.29, 0.717) is 5.92 Å². The van der Waals surface area contributed by atoms with E-state index in [-0.39, 0.29) is 24.7 Å². The largest absolute Gasteiger partial charge is 0.394 e. The van der Waals surface area contributed by atoms with Gasteiger partial charge >= 0.3 is 6.03 Å². The predicted octanol–water partition coefficient (Wildman–Crippen LogP) is 2.06. The molecule has 24 heavy (non-hydrogen) atoms. The molecule has 0 spiro atoms. The van der Waals surface area contributed by atoms with Gasteiger partial charge in [-0.05, 0) is 30.7 Å². The molecule has 2 aliphatic heterocycles. The molecule has 0 saturated carbocycles. The smallest absolute Gasteiger partial charge is 0.317 e. The number of carbonyl (C=O) groups is 1. The highest BCUT2D eigenvalue weighted by Crippen LogP contribution is 2.21. The van der Waals surface area contributed by atoms with Crippen LogP contribution in [0.25, 0.3) is 0 Å². The lowest BCUT2D eigenvalue weighted by atomic mass is 9.93. The lowest BCUT2D eigenvalue weighted by Crippen LogP contribution is -2.54. The van der Waals surface area contributed by atoms with Crippen LogP contribution in [0, 0.1) is 5.92 Å². The summed E-state index contributed by atoms with van der Waals surface area (Å²) in [5.41, 5.74) is 1.34. The molecular formula is C19H29N3O2. The molecule has 5 heteroatoms. The Morgan fingerprint density at radius 2 is 2.04 bits per heavy atom. The van der Waals surface area contributed by atoms with Crippen molar-refractivity contribution in [1.82, 2.24) is 15.1 Å². The van der Waals surface area contributed by atoms with E-state index >= 15 is 0 Å². The van der Waals surface area contributed by atoms with Crippen LogP contribution in [0.4, 0.5) is 4.79 Å². The summed E-state index contributed by atoms with van der Waals surface area (Å²) in [5, 5.41) is 12.6. The number of hydrogen-bond donors (Lipinski definition) is 2. The third kappa shape index (κ3) is 4.08. The molecular weight excluding hydrogens is 302 g/mol. The fourth-order valence-corrected chi connectivity index (χ4v) is 3.97. The fourth-order valence-electron chi connectivity index (χ4n) is 3.97. The number of hydrogen-bond acceptors (Lipinski definition) is 3. The molecule has 2 fully saturated rings. The summed E-state index contributed by atoms with van der Waals surface area (Å²) in [6.45, 7) is 6.04. The zero-order valence-corrected chi connectivity index (χ0v) is 14.5. The highest BCUT2D eigenvalue weighted by molar-refractivity contribution is 5.75. The first-order chi connectivity index (χ1) is 11.7. The van der Waals surface area contributed by atoms with Crippen LogP contribution in [-0.4, -0.2) is 59.3 Å². The summed E-state index contributed by atoms with van der Waals surface area (Å²) in [4.78, 5) is 16.8. The van der Waals surface area contributed by atoms with Gasteiger partial charge in [0.15, 0.2) is 0 Å². The van der Waals surface area contributed by atoms with Crippen molar-refractivity contribution in [2.75, 3.05) is 26.2 Å². The van der Waals surface area contributed by atoms with Crippen molar-refractivity contribution in [3.8, 4) is 0 Å². The monoisotopic (exact) mass is 331 g/mol. The maximum Gasteiger partial charge on any atom is 0.317 e. The van der Waals surface area contributed by atoms with Gasteiger partial charge in [-0.25, -0.2) is 4.79 Å². The molecule has 0 radical (unpaired) electrons. The van der Waals surface area contributed by atoms with E-state index in [1.807, 2.05) is 11.0 Å². The summed E-state index contributed by atoms with van der Waals surface area (Å²) in [6.07, 6.45) is 2.89. The molecule has 5 nitrogen and oxygen atoms in total. The zero-order chi connectivity index (χ0) is 16.9. The standard InChI is InChI=1S/C19H29N3O2/c1-15-12-21(13-16-6-3-2-4-7-16)11-9-18(15)20-19(24)22-10-5-8-17(22)14-23/h2-4,6-7,15,17-18,23H,5,8-14H2,1H3,(H,20,24)/t15?,17-,18?/m0/s1. The maximum atomic E-state index is 12.5. The molecule has 1 aromatic carbocycles. The van der Waals surface area contributed by atoms with Gasteiger partial charge in [0.1, 0.15) is 0 Å². The number of likely N-dealkylation sites (tertiary alicyclic amines) is 2. The summed E-state index contributed by atoms with van der Waals surface area (Å²) in [6, 6.07) is 10.8. The van der Waals surface area contributed by atoms with Crippen molar-refractivity contribution in [3.05, 3.63) is 35.9 Å². The van der Waals surface area contributed by atoms with Gasteiger partial charge < -0.3 is 15.3 Å². The predicted molar refractivity (Wildman–Crippen MR) is 94.6 cm³/mol. The highest BCUT2D eigenvalue weighted by atomic mass is 16.3. The van der Waals surface area contributed by atoms with Crippen molar-refractivity contribution < 1.29 is 9.90 Å². The first-order valence-corrected chi connectivity index (χ1v) is 9.11. The number of urea groups is 1. The first kappa shape index (κ1) is 17.2. The van der Waals surface area contributed by atoms with Gasteiger partial charge in [0.2, 0.25) is 0 Å². The highest BCUT2D eigenvalue weighted by Gasteiger charge is 2.32. The Morgan fingerprint density at radius 3 is 2.75 bits per heavy atom. The van der Waals surface area contributed by atoms with Crippen LogP contribution in [0.15, 0.2) is 30.3 Å². The Morgan fingerprint density at radius 1 is 1.25 bits per heavy atom. The van der Waals surface area contributed by atoms with Crippen LogP contribution in [0.2, 0.25) is 0 Å². The van der Waals surface area contributed by atoms with E-state index in [0.717, 1.165) is 45.4 Å². The van der Waals surface area contributed by atoms with Crippen molar-refractivity contribution >= 4 is 6.03 Å². The zero-order valence-electron chi connectivity index (χ0n) is 14.5. The lowest BCUT2D eigenvalue weighted by Gasteiger charge is -2.38. The Bertz CT molecular complexity index is 537. The molecule has 2 aliphatic rings. The van der Waals surface area contributed by atoms with E-state index in [1.165, 1.54) is 5.56 Å². The van der Waals surface area contributed by atoms with Gasteiger partial charge in [0.25, 0.3) is 0 Å². The minimum Gasteiger partial charge on any atom is -0.394 e. The molecule has 2 N–H and O–H groups in total. The molecule has 3 rings (SSSR count). The lowest BCUT2D eigenvalue weighted by molar-refractivity contribution is 0.125. The number of aliphatic hydroxyl groups excluding tert-OH is 1. The van der Waals surface area contributed by atoms with Crippen LogP contribution in [0.3, 0.4) is 0 Å². The second-order valence-corrected chi connectivity index (χ2v) is 7.21. The average Bonchev–Trinajstić information content (AvgIpc) is 3.07. The second kappa shape index (κ2) is 7.99. The number of rotatable bonds is 4. The first-order valence-electron chi connectivity index (χ1n) is 9.11. The second-order valence-electron chi connectivity index (χ2n) is 7.21. The van der Waals surface area contributed by atoms with E-state index < -0.39 is 0 Å². The number of piperidine rings is 1. The summed E-state index contributed by atoms with van der Waals surface area (Å²) in [5.74, 6) is 0.432. The van der Waals surface area contributed by atoms with Gasteiger partial charge in [-0.2, -0.15) is 0 Å². The Labute approximate surface area is 144 Å². The fraction of sp³-hybridized carbons (Fsp3) is 0.632. The number of benzene rings is 1. The molecule has 0 aliphatic carbocycles. The third-order valence-electron chi connectivity index (χ3n) is 5.40. The molecule has 0 aromatic heterocycles. The van der Waals surface area contributed by atoms with Gasteiger partial charge in [-0.1, -0.05) is 37.3 Å². The molecule has 3 atom stereocenters. The van der Waals surface area contributed by atoms with E-state index in [2.05, 4.69) is 41.4 Å². The van der Waals surface area contributed by atoms with Crippen LogP contribution >= 0.6 is 0 Å². The van der Waals surface area contributed by atoms with E-state index in [9.17, 15) is 9.90 Å². The Kier molecular flexibility index (Phi) is 5.74. The maximum absolute atomic E-state index is 12.5. The van der Waals surface area contributed by atoms with Gasteiger partial charge in [-0.3, -0.25) is 4.90 Å². The molecule has 0 bridgehead atoms. The van der Waals surface area contributed by atoms with Crippen molar-refractivity contribution in [1.29, 1.82) is 0 Å². The molecule has 132 valence electrons. The number of amides is 2. The average molecular weight is 331 g/mol. The summed E-state index contributed by atoms with van der Waals surface area (Å²) < 4.78 is 0. The molecule has 2 amide bonds. The quantitative estimate of drug-likeness (QED) is 0.888. The summed E-state index contributed by atoms with van der Waals surface area (Å²) >= 11 is 0. The minimum atomic E-state index is -0.00141. The van der Waals surface area contributed by atoms with E-state index in [4.69, 9.17) is 0 Å². The van der Waals surface area contributed by atoms with Crippen LogP contribution in [0.1, 0.15) is 31.7 Å². The number of carbonyl (C=O) groups excluding carboxylic acids is 1. The summed E-state index contributed by atoms with van der Waals surface area (Å²) in [7, 11) is 0. The van der Waals surface area contributed by atoms with Crippen LogP contribution in [0.5, 0.6) is 0 Å². The third-order valence-corrected chi connectivity index (χ3v) is 5.40. The number of aliphatic hydroxyl groups is 1. The van der Waals surface area contributed by atoms with Gasteiger partial charge in [0, 0.05) is 32.2 Å². The topological polar surface area (TPSA) is 55.8 Å². The normalized spacial score (nSPS) is 28.1. The Hall–Kier alpha value is -1.59. The number of nitrogens with one attached hydrogen (secondary N) is 1. The van der Waals surface area contributed by atoms with Gasteiger partial charge in [-0.15, -0.1) is 0 Å². The molecule has 1 aromatic rings. The van der Waals surface area contributed by atoms with Crippen LogP contribution in [-0.2, 0) is 6.54 Å². The number of nitrogens with zero attached hydrogens (tertiary/aromatic N) is 2. The molecule has 2 heterocycles. The van der Waals surface area contributed by atoms with Crippen molar-refractivity contribution in [2.45, 2.75) is 44.8 Å². The Balaban J connectivity index is 1.50. The molecule has 2 saturated heterocycles. The van der Waals surface area contributed by atoms with Crippen molar-refractivity contribution in [3.63, 3.8) is 0 Å². The molecule has 2 unspecified atom stereocenters. The van der Waals surface area contributed by atoms with Crippen molar-refractivity contribution in [2.24, 2.45) is 5.92 Å². The minimum absolute atomic E-state index is 0.0000839. The van der Waals surface area contributed by atoms with Crippen LogP contribution < -0.4 is 5.32 Å². The van der Waals surface area contributed by atoms with E-state index in [1.54, 1.807) is 0 Å². The SMILES string of the molecule is CC1CN(Cc2ccccc2)CCC1NC(=O)N1CCC[C@H]1CO. The van der Waals surface area contributed by atoms with Gasteiger partial charge in [0.05, 0.1) is 12.6 Å².